The highest BCUT2D eigenvalue weighted by Gasteiger charge is 2.49. The van der Waals surface area contributed by atoms with E-state index in [1.807, 2.05) is 36.4 Å². The molecule has 4 rings (SSSR count). The summed E-state index contributed by atoms with van der Waals surface area (Å²) in [4.78, 5) is 17.5. The Balaban J connectivity index is 1.41. The number of methoxy groups -OCH3 is 1. The number of rotatable bonds is 5. The van der Waals surface area contributed by atoms with Crippen molar-refractivity contribution in [1.82, 2.24) is 15.1 Å². The molecule has 2 aliphatic heterocycles. The van der Waals surface area contributed by atoms with Crippen LogP contribution in [0.5, 0.6) is 5.75 Å². The Hall–Kier alpha value is -2.08. The van der Waals surface area contributed by atoms with Crippen molar-refractivity contribution in [1.29, 1.82) is 0 Å². The first-order valence-electron chi connectivity index (χ1n) is 9.72. The zero-order valence-corrected chi connectivity index (χ0v) is 16.9. The molecule has 1 spiro atoms. The van der Waals surface area contributed by atoms with Gasteiger partial charge in [-0.1, -0.05) is 35.9 Å². The van der Waals surface area contributed by atoms with Crippen LogP contribution in [-0.2, 0) is 17.9 Å². The Kier molecular flexibility index (Phi) is 5.58. The molecule has 2 aliphatic rings. The summed E-state index contributed by atoms with van der Waals surface area (Å²) < 4.78 is 5.33. The van der Waals surface area contributed by atoms with Crippen molar-refractivity contribution < 1.29 is 9.53 Å². The van der Waals surface area contributed by atoms with Crippen molar-refractivity contribution in [3.05, 3.63) is 64.7 Å². The summed E-state index contributed by atoms with van der Waals surface area (Å²) >= 11 is 6.00. The van der Waals surface area contributed by atoms with Crippen LogP contribution in [0.1, 0.15) is 24.0 Å². The monoisotopic (exact) mass is 399 g/mol. The van der Waals surface area contributed by atoms with Gasteiger partial charge in [-0.2, -0.15) is 0 Å². The van der Waals surface area contributed by atoms with Crippen molar-refractivity contribution in [2.24, 2.45) is 0 Å². The molecule has 0 aliphatic carbocycles. The van der Waals surface area contributed by atoms with Gasteiger partial charge in [0.25, 0.3) is 0 Å². The number of halogens is 1. The molecule has 1 N–H and O–H groups in total. The first-order chi connectivity index (χ1) is 13.6. The third kappa shape index (κ3) is 3.88. The average molecular weight is 400 g/mol. The molecule has 6 heteroatoms. The molecule has 2 heterocycles. The lowest BCUT2D eigenvalue weighted by Crippen LogP contribution is -2.55. The Morgan fingerprint density at radius 2 is 1.82 bits per heavy atom. The van der Waals surface area contributed by atoms with E-state index in [1.165, 1.54) is 11.1 Å². The third-order valence-electron chi connectivity index (χ3n) is 5.97. The Morgan fingerprint density at radius 1 is 1.07 bits per heavy atom. The van der Waals surface area contributed by atoms with Gasteiger partial charge in [-0.15, -0.1) is 0 Å². The van der Waals surface area contributed by atoms with Crippen molar-refractivity contribution >= 4 is 17.5 Å². The highest BCUT2D eigenvalue weighted by Crippen LogP contribution is 2.34. The molecule has 2 saturated heterocycles. The topological polar surface area (TPSA) is 44.8 Å². The lowest BCUT2D eigenvalue weighted by atomic mass is 9.85. The molecule has 0 bridgehead atoms. The van der Waals surface area contributed by atoms with Gasteiger partial charge in [0.2, 0.25) is 5.91 Å². The van der Waals surface area contributed by atoms with Gasteiger partial charge < -0.3 is 10.1 Å². The highest BCUT2D eigenvalue weighted by molar-refractivity contribution is 6.30. The molecule has 0 atom stereocenters. The Labute approximate surface area is 171 Å². The van der Waals surface area contributed by atoms with Crippen LogP contribution >= 0.6 is 11.6 Å². The lowest BCUT2D eigenvalue weighted by molar-refractivity contribution is -0.129. The minimum Gasteiger partial charge on any atom is -0.497 e. The quantitative estimate of drug-likeness (QED) is 0.838. The first kappa shape index (κ1) is 19.2. The maximum atomic E-state index is 12.7. The van der Waals surface area contributed by atoms with Crippen molar-refractivity contribution in [2.45, 2.75) is 31.5 Å². The molecule has 2 fully saturated rings. The molecule has 0 saturated carbocycles. The van der Waals surface area contributed by atoms with Crippen LogP contribution in [0.25, 0.3) is 0 Å². The molecule has 148 valence electrons. The van der Waals surface area contributed by atoms with E-state index in [0.717, 1.165) is 49.8 Å². The zero-order valence-electron chi connectivity index (χ0n) is 16.2. The van der Waals surface area contributed by atoms with Crippen LogP contribution in [0.15, 0.2) is 48.5 Å². The molecule has 2 aromatic carbocycles. The van der Waals surface area contributed by atoms with Crippen LogP contribution in [0.3, 0.4) is 0 Å². The van der Waals surface area contributed by atoms with Crippen LogP contribution < -0.4 is 10.1 Å². The van der Waals surface area contributed by atoms with Crippen LogP contribution in [-0.4, -0.2) is 48.1 Å². The molecule has 5 nitrogen and oxygen atoms in total. The molecule has 2 aromatic rings. The summed E-state index contributed by atoms with van der Waals surface area (Å²) in [7, 11) is 1.69. The Bertz CT molecular complexity index is 832. The van der Waals surface area contributed by atoms with Gasteiger partial charge in [0.15, 0.2) is 0 Å². The van der Waals surface area contributed by atoms with E-state index >= 15 is 0 Å². The number of nitrogens with one attached hydrogen (secondary N) is 1. The second kappa shape index (κ2) is 8.11. The summed E-state index contributed by atoms with van der Waals surface area (Å²) in [5, 5.41) is 3.80. The van der Waals surface area contributed by atoms with Gasteiger partial charge in [-0.25, -0.2) is 0 Å². The number of likely N-dealkylation sites (tertiary alicyclic amines) is 1. The van der Waals surface area contributed by atoms with Gasteiger partial charge in [0, 0.05) is 31.2 Å². The van der Waals surface area contributed by atoms with E-state index < -0.39 is 5.54 Å². The summed E-state index contributed by atoms with van der Waals surface area (Å²) in [6.07, 6.45) is 1.69. The maximum absolute atomic E-state index is 12.7. The van der Waals surface area contributed by atoms with E-state index in [-0.39, 0.29) is 5.91 Å². The van der Waals surface area contributed by atoms with Gasteiger partial charge in [-0.05, 0) is 48.2 Å². The summed E-state index contributed by atoms with van der Waals surface area (Å²) in [6, 6.07) is 16.1. The van der Waals surface area contributed by atoms with Crippen molar-refractivity contribution in [3.8, 4) is 5.75 Å². The minimum absolute atomic E-state index is 0.169. The van der Waals surface area contributed by atoms with Gasteiger partial charge >= 0.3 is 0 Å². The van der Waals surface area contributed by atoms with E-state index in [4.69, 9.17) is 16.3 Å². The smallest absolute Gasteiger partial charge is 0.241 e. The molecule has 0 radical (unpaired) electrons. The predicted octanol–water partition coefficient (Wildman–Crippen LogP) is 3.27. The first-order valence-corrected chi connectivity index (χ1v) is 10.1. The summed E-state index contributed by atoms with van der Waals surface area (Å²) in [6.45, 7) is 4.05. The number of nitrogens with zero attached hydrogens (tertiary/aromatic N) is 2. The molecule has 28 heavy (non-hydrogen) atoms. The second-order valence-corrected chi connectivity index (χ2v) is 8.08. The zero-order chi connectivity index (χ0) is 19.6. The third-order valence-corrected chi connectivity index (χ3v) is 6.22. The SMILES string of the molecule is COc1cccc(CN2CCC3(CC2)C(=O)NCN3Cc2ccc(Cl)cc2)c1. The number of benzene rings is 2. The van der Waals surface area contributed by atoms with Gasteiger partial charge in [0.05, 0.1) is 13.8 Å². The molecular weight excluding hydrogens is 374 g/mol. The number of carbonyl (C=O) groups is 1. The predicted molar refractivity (Wildman–Crippen MR) is 110 cm³/mol. The number of hydrogen-bond acceptors (Lipinski definition) is 4. The Morgan fingerprint density at radius 3 is 2.54 bits per heavy atom. The number of ether oxygens (including phenoxy) is 1. The second-order valence-electron chi connectivity index (χ2n) is 7.65. The number of amides is 1. The summed E-state index contributed by atoms with van der Waals surface area (Å²) in [5.41, 5.74) is 2.02. The van der Waals surface area contributed by atoms with Crippen molar-refractivity contribution in [2.75, 3.05) is 26.9 Å². The van der Waals surface area contributed by atoms with Gasteiger partial charge in [0.1, 0.15) is 11.3 Å². The van der Waals surface area contributed by atoms with E-state index in [9.17, 15) is 4.79 Å². The molecule has 1 amide bonds. The summed E-state index contributed by atoms with van der Waals surface area (Å²) in [5.74, 6) is 1.05. The highest BCUT2D eigenvalue weighted by atomic mass is 35.5. The number of carbonyl (C=O) groups excluding carboxylic acids is 1. The van der Waals surface area contributed by atoms with E-state index in [2.05, 4.69) is 27.2 Å². The molecule has 0 unspecified atom stereocenters. The van der Waals surface area contributed by atoms with Crippen LogP contribution in [0.2, 0.25) is 5.02 Å². The fourth-order valence-electron chi connectivity index (χ4n) is 4.30. The molecule has 0 aromatic heterocycles. The minimum atomic E-state index is -0.398. The van der Waals surface area contributed by atoms with Crippen molar-refractivity contribution in [3.63, 3.8) is 0 Å². The standard InChI is InChI=1S/C22H26ClN3O2/c1-28-20-4-2-3-18(13-20)14-25-11-9-22(10-12-25)21(27)24-16-26(22)15-17-5-7-19(23)8-6-17/h2-8,13H,9-12,14-16H2,1H3,(H,24,27). The van der Waals surface area contributed by atoms with E-state index in [0.29, 0.717) is 6.67 Å². The number of piperidine rings is 1. The maximum Gasteiger partial charge on any atom is 0.241 e. The molecular formula is C22H26ClN3O2. The van der Waals surface area contributed by atoms with Crippen LogP contribution in [0.4, 0.5) is 0 Å². The normalized spacial score (nSPS) is 19.7. The average Bonchev–Trinajstić information content (AvgIpc) is 3.01. The van der Waals surface area contributed by atoms with Gasteiger partial charge in [-0.3, -0.25) is 14.6 Å². The van der Waals surface area contributed by atoms with Crippen LogP contribution in [0, 0.1) is 0 Å². The fourth-order valence-corrected chi connectivity index (χ4v) is 4.42. The number of hydrogen-bond donors (Lipinski definition) is 1. The lowest BCUT2D eigenvalue weighted by Gasteiger charge is -2.42. The largest absolute Gasteiger partial charge is 0.497 e. The van der Waals surface area contributed by atoms with E-state index in [1.54, 1.807) is 7.11 Å². The fraction of sp³-hybridized carbons (Fsp3) is 0.409.